The minimum absolute atomic E-state index is 0.0644. The van der Waals surface area contributed by atoms with E-state index >= 15 is 0 Å². The number of esters is 1. The number of hydrogen-bond acceptors (Lipinski definition) is 4. The van der Waals surface area contributed by atoms with Gasteiger partial charge in [0, 0.05) is 24.6 Å². The predicted octanol–water partition coefficient (Wildman–Crippen LogP) is 6.35. The molecule has 178 valence electrons. The van der Waals surface area contributed by atoms with Crippen LogP contribution in [0.15, 0.2) is 84.9 Å². The molecule has 0 aromatic heterocycles. The van der Waals surface area contributed by atoms with E-state index in [4.69, 9.17) is 9.47 Å². The molecule has 1 aliphatic heterocycles. The second-order valence-corrected chi connectivity index (χ2v) is 9.46. The molecule has 0 aliphatic carbocycles. The van der Waals surface area contributed by atoms with Crippen molar-refractivity contribution in [3.8, 4) is 5.75 Å². The molecule has 4 nitrogen and oxygen atoms in total. The third kappa shape index (κ3) is 4.80. The number of fused-ring (bicyclic) bond motifs is 2. The number of rotatable bonds is 6. The quantitative estimate of drug-likeness (QED) is 0.311. The molecule has 5 rings (SSSR count). The monoisotopic (exact) mass is 465 g/mol. The number of hydrogen-bond donors (Lipinski definition) is 0. The SMILES string of the molecule is COC(=O)c1ccc(C2CC(CN(C)Cc3cccc4ccccc34)Oc3ccccc32)c(C)c1. The number of benzene rings is 4. The zero-order chi connectivity index (χ0) is 24.4. The van der Waals surface area contributed by atoms with Gasteiger partial charge in [-0.3, -0.25) is 4.90 Å². The summed E-state index contributed by atoms with van der Waals surface area (Å²) in [4.78, 5) is 14.4. The molecule has 0 bridgehead atoms. The number of likely N-dealkylation sites (N-methyl/N-ethyl adjacent to an activating group) is 1. The van der Waals surface area contributed by atoms with Gasteiger partial charge in [0.15, 0.2) is 0 Å². The van der Waals surface area contributed by atoms with Crippen LogP contribution in [0.1, 0.15) is 45.0 Å². The van der Waals surface area contributed by atoms with Gasteiger partial charge < -0.3 is 9.47 Å². The van der Waals surface area contributed by atoms with Crippen molar-refractivity contribution in [3.63, 3.8) is 0 Å². The Labute approximate surface area is 207 Å². The van der Waals surface area contributed by atoms with Gasteiger partial charge >= 0.3 is 5.97 Å². The van der Waals surface area contributed by atoms with Gasteiger partial charge in [0.25, 0.3) is 0 Å². The molecule has 1 aliphatic rings. The Morgan fingerprint density at radius 3 is 2.57 bits per heavy atom. The molecular weight excluding hydrogens is 434 g/mol. The van der Waals surface area contributed by atoms with E-state index in [1.807, 2.05) is 18.2 Å². The molecular formula is C31H31NO3. The molecule has 0 amide bonds. The third-order valence-corrected chi connectivity index (χ3v) is 6.99. The molecule has 0 spiro atoms. The number of nitrogens with zero attached hydrogens (tertiary/aromatic N) is 1. The third-order valence-electron chi connectivity index (χ3n) is 6.99. The molecule has 0 saturated carbocycles. The lowest BCUT2D eigenvalue weighted by Crippen LogP contribution is -2.36. The Morgan fingerprint density at radius 2 is 1.74 bits per heavy atom. The fourth-order valence-corrected chi connectivity index (χ4v) is 5.34. The van der Waals surface area contributed by atoms with Crippen LogP contribution >= 0.6 is 0 Å². The molecule has 0 fully saturated rings. The number of carbonyl (C=O) groups is 1. The topological polar surface area (TPSA) is 38.8 Å². The van der Waals surface area contributed by atoms with E-state index in [0.717, 1.165) is 30.8 Å². The average molecular weight is 466 g/mol. The van der Waals surface area contributed by atoms with Crippen molar-refractivity contribution < 1.29 is 14.3 Å². The van der Waals surface area contributed by atoms with E-state index in [0.29, 0.717) is 5.56 Å². The maximum Gasteiger partial charge on any atom is 0.337 e. The van der Waals surface area contributed by atoms with Crippen molar-refractivity contribution in [2.45, 2.75) is 31.9 Å². The smallest absolute Gasteiger partial charge is 0.337 e. The van der Waals surface area contributed by atoms with Gasteiger partial charge in [-0.2, -0.15) is 0 Å². The Bertz CT molecular complexity index is 1360. The molecule has 35 heavy (non-hydrogen) atoms. The maximum absolute atomic E-state index is 12.0. The van der Waals surface area contributed by atoms with E-state index in [1.54, 1.807) is 0 Å². The molecule has 2 unspecified atom stereocenters. The predicted molar refractivity (Wildman–Crippen MR) is 140 cm³/mol. The number of methoxy groups -OCH3 is 1. The highest BCUT2D eigenvalue weighted by Crippen LogP contribution is 2.41. The Morgan fingerprint density at radius 1 is 0.971 bits per heavy atom. The number of para-hydroxylation sites is 1. The first-order valence-electron chi connectivity index (χ1n) is 12.1. The fourth-order valence-electron chi connectivity index (χ4n) is 5.34. The van der Waals surface area contributed by atoms with Gasteiger partial charge in [-0.15, -0.1) is 0 Å². The van der Waals surface area contributed by atoms with Crippen LogP contribution < -0.4 is 4.74 Å². The summed E-state index contributed by atoms with van der Waals surface area (Å²) in [6.45, 7) is 3.76. The summed E-state index contributed by atoms with van der Waals surface area (Å²) in [6, 6.07) is 29.3. The molecule has 4 aromatic rings. The Kier molecular flexibility index (Phi) is 6.56. The van der Waals surface area contributed by atoms with Crippen LogP contribution in [0.3, 0.4) is 0 Å². The van der Waals surface area contributed by atoms with Crippen LogP contribution in [-0.4, -0.2) is 37.7 Å². The van der Waals surface area contributed by atoms with E-state index in [-0.39, 0.29) is 18.0 Å². The lowest BCUT2D eigenvalue weighted by molar-refractivity contribution is 0.0600. The number of aryl methyl sites for hydroxylation is 1. The van der Waals surface area contributed by atoms with E-state index < -0.39 is 0 Å². The van der Waals surface area contributed by atoms with Crippen LogP contribution in [0.25, 0.3) is 10.8 Å². The molecule has 4 aromatic carbocycles. The second kappa shape index (κ2) is 9.93. The summed E-state index contributed by atoms with van der Waals surface area (Å²) in [5.41, 5.74) is 5.44. The van der Waals surface area contributed by atoms with Crippen molar-refractivity contribution in [2.75, 3.05) is 20.7 Å². The lowest BCUT2D eigenvalue weighted by Gasteiger charge is -2.35. The summed E-state index contributed by atoms with van der Waals surface area (Å²) in [5.74, 6) is 0.853. The Hall–Kier alpha value is -3.63. The van der Waals surface area contributed by atoms with Gasteiger partial charge in [0.05, 0.1) is 12.7 Å². The van der Waals surface area contributed by atoms with Gasteiger partial charge in [-0.1, -0.05) is 66.7 Å². The van der Waals surface area contributed by atoms with Crippen molar-refractivity contribution in [1.82, 2.24) is 4.90 Å². The molecule has 1 heterocycles. The Balaban J connectivity index is 1.38. The first-order chi connectivity index (χ1) is 17.0. The van der Waals surface area contributed by atoms with Crippen LogP contribution in [0.5, 0.6) is 5.75 Å². The van der Waals surface area contributed by atoms with Crippen LogP contribution in [0.2, 0.25) is 0 Å². The summed E-state index contributed by atoms with van der Waals surface area (Å²) < 4.78 is 11.4. The van der Waals surface area contributed by atoms with Crippen molar-refractivity contribution in [3.05, 3.63) is 113 Å². The van der Waals surface area contributed by atoms with Gasteiger partial charge in [0.2, 0.25) is 0 Å². The molecule has 0 radical (unpaired) electrons. The second-order valence-electron chi connectivity index (χ2n) is 9.46. The van der Waals surface area contributed by atoms with Crippen molar-refractivity contribution in [1.29, 1.82) is 0 Å². The van der Waals surface area contributed by atoms with Crippen molar-refractivity contribution in [2.24, 2.45) is 0 Å². The van der Waals surface area contributed by atoms with Crippen LogP contribution in [0, 0.1) is 6.92 Å². The minimum Gasteiger partial charge on any atom is -0.489 e. The first kappa shape index (κ1) is 23.1. The molecule has 2 atom stereocenters. The van der Waals surface area contributed by atoms with Crippen LogP contribution in [-0.2, 0) is 11.3 Å². The summed E-state index contributed by atoms with van der Waals surface area (Å²) in [6.07, 6.45) is 0.949. The van der Waals surface area contributed by atoms with E-state index in [9.17, 15) is 4.79 Å². The molecule has 0 N–H and O–H groups in total. The minimum atomic E-state index is -0.306. The van der Waals surface area contributed by atoms with Gasteiger partial charge in [-0.25, -0.2) is 4.79 Å². The normalized spacial score (nSPS) is 17.1. The van der Waals surface area contributed by atoms with Gasteiger partial charge in [-0.05, 0) is 66.1 Å². The largest absolute Gasteiger partial charge is 0.489 e. The number of ether oxygens (including phenoxy) is 2. The molecule has 4 heteroatoms. The van der Waals surface area contributed by atoms with Crippen LogP contribution in [0.4, 0.5) is 0 Å². The van der Waals surface area contributed by atoms with E-state index in [2.05, 4.69) is 85.6 Å². The number of carbonyl (C=O) groups excluding carboxylic acids is 1. The highest BCUT2D eigenvalue weighted by atomic mass is 16.5. The lowest BCUT2D eigenvalue weighted by atomic mass is 9.81. The zero-order valence-electron chi connectivity index (χ0n) is 20.5. The standard InChI is InChI=1S/C31H31NO3/c1-21-17-23(31(33)34-3)15-16-26(21)29-18-25(35-30-14-7-6-13-28(29)30)20-32(2)19-24-11-8-10-22-9-4-5-12-27(22)24/h4-17,25,29H,18-20H2,1-3H3. The van der Waals surface area contributed by atoms with Gasteiger partial charge in [0.1, 0.15) is 11.9 Å². The maximum atomic E-state index is 12.0. The van der Waals surface area contributed by atoms with E-state index in [1.165, 1.54) is 34.6 Å². The molecule has 0 saturated heterocycles. The average Bonchev–Trinajstić information content (AvgIpc) is 2.88. The summed E-state index contributed by atoms with van der Waals surface area (Å²) in [7, 11) is 3.58. The zero-order valence-corrected chi connectivity index (χ0v) is 20.5. The fraction of sp³-hybridized carbons (Fsp3) is 0.258. The highest BCUT2D eigenvalue weighted by molar-refractivity contribution is 5.89. The highest BCUT2D eigenvalue weighted by Gasteiger charge is 2.31. The summed E-state index contributed by atoms with van der Waals surface area (Å²) in [5, 5.41) is 2.57. The summed E-state index contributed by atoms with van der Waals surface area (Å²) >= 11 is 0. The first-order valence-corrected chi connectivity index (χ1v) is 12.1. The van der Waals surface area contributed by atoms with Crippen molar-refractivity contribution >= 4 is 16.7 Å².